The highest BCUT2D eigenvalue weighted by Crippen LogP contribution is 2.33. The molecule has 5 rings (SSSR count). The zero-order chi connectivity index (χ0) is 25.1. The number of pyridine rings is 1. The van der Waals surface area contributed by atoms with Crippen LogP contribution in [0.2, 0.25) is 0 Å². The molecule has 0 saturated heterocycles. The molecular formula is C26H18FN9. The van der Waals surface area contributed by atoms with E-state index in [0.29, 0.717) is 39.0 Å². The average Bonchev–Trinajstić information content (AvgIpc) is 2.91. The highest BCUT2D eigenvalue weighted by Gasteiger charge is 2.28. The molecule has 1 aliphatic rings. The molecule has 0 atom stereocenters. The van der Waals surface area contributed by atoms with Crippen LogP contribution >= 0.6 is 0 Å². The van der Waals surface area contributed by atoms with Gasteiger partial charge in [0.2, 0.25) is 0 Å². The maximum atomic E-state index is 14.1. The van der Waals surface area contributed by atoms with Crippen LogP contribution in [0.5, 0.6) is 0 Å². The topological polar surface area (TPSA) is 149 Å². The van der Waals surface area contributed by atoms with E-state index < -0.39 is 5.82 Å². The molecule has 0 spiro atoms. The zero-order valence-corrected chi connectivity index (χ0v) is 18.8. The van der Waals surface area contributed by atoms with Crippen molar-refractivity contribution in [2.24, 2.45) is 15.8 Å². The number of amidine groups is 1. The molecule has 36 heavy (non-hydrogen) atoms. The van der Waals surface area contributed by atoms with E-state index in [1.807, 2.05) is 18.2 Å². The number of nitriles is 1. The molecule has 9 nitrogen and oxygen atoms in total. The van der Waals surface area contributed by atoms with Gasteiger partial charge in [0, 0.05) is 29.7 Å². The third-order valence-electron chi connectivity index (χ3n) is 5.49. The van der Waals surface area contributed by atoms with Gasteiger partial charge in [-0.3, -0.25) is 20.4 Å². The Morgan fingerprint density at radius 3 is 2.61 bits per heavy atom. The first-order valence-corrected chi connectivity index (χ1v) is 10.8. The Balaban J connectivity index is 1.69. The third-order valence-corrected chi connectivity index (χ3v) is 5.49. The molecule has 10 heteroatoms. The molecule has 0 bridgehead atoms. The van der Waals surface area contributed by atoms with E-state index in [4.69, 9.17) is 11.1 Å². The second-order valence-corrected chi connectivity index (χ2v) is 7.78. The summed E-state index contributed by atoms with van der Waals surface area (Å²) in [7, 11) is 0. The minimum absolute atomic E-state index is 0.00374. The van der Waals surface area contributed by atoms with Crippen LogP contribution in [0.4, 0.5) is 4.39 Å². The lowest BCUT2D eigenvalue weighted by Gasteiger charge is -2.21. The van der Waals surface area contributed by atoms with Crippen molar-refractivity contribution >= 4 is 39.6 Å². The number of fused-ring (bicyclic) bond motifs is 1. The Kier molecular flexibility index (Phi) is 5.95. The highest BCUT2D eigenvalue weighted by molar-refractivity contribution is 6.77. The van der Waals surface area contributed by atoms with Gasteiger partial charge in [-0.15, -0.1) is 0 Å². The average molecular weight is 475 g/mol. The standard InChI is InChI=1S/C26H18FN9/c27-18-5-2-8-31-21(18)14-34-36-25-22(16-6-7-19-20(12-16)33-10-9-32-19)24(35-26(30)23(25)29)17-4-1-3-15(11-17)13-28/h1-12,29,34H,14H2,(H2,30,35)/b29-23?,36-25-. The van der Waals surface area contributed by atoms with Gasteiger partial charge in [-0.25, -0.2) is 9.38 Å². The number of nitrogens with two attached hydrogens (primary N) is 1. The van der Waals surface area contributed by atoms with E-state index in [0.717, 1.165) is 0 Å². The Labute approximate surface area is 205 Å². The number of nitrogens with zero attached hydrogens (tertiary/aromatic N) is 6. The van der Waals surface area contributed by atoms with Gasteiger partial charge in [0.1, 0.15) is 17.2 Å². The quantitative estimate of drug-likeness (QED) is 0.377. The van der Waals surface area contributed by atoms with Crippen LogP contribution in [0.15, 0.2) is 83.3 Å². The second-order valence-electron chi connectivity index (χ2n) is 7.78. The summed E-state index contributed by atoms with van der Waals surface area (Å²) in [6, 6.07) is 17.3. The first kappa shape index (κ1) is 22.5. The second kappa shape index (κ2) is 9.52. The number of halogens is 1. The van der Waals surface area contributed by atoms with Crippen LogP contribution in [0.25, 0.3) is 22.3 Å². The molecule has 2 aromatic heterocycles. The fourth-order valence-electron chi connectivity index (χ4n) is 3.78. The van der Waals surface area contributed by atoms with Crippen LogP contribution in [0, 0.1) is 22.6 Å². The molecule has 0 radical (unpaired) electrons. The number of aromatic nitrogens is 3. The van der Waals surface area contributed by atoms with Crippen molar-refractivity contribution in [3.63, 3.8) is 0 Å². The highest BCUT2D eigenvalue weighted by atomic mass is 19.1. The summed E-state index contributed by atoms with van der Waals surface area (Å²) >= 11 is 0. The minimum atomic E-state index is -0.470. The van der Waals surface area contributed by atoms with Crippen molar-refractivity contribution in [3.8, 4) is 6.07 Å². The van der Waals surface area contributed by atoms with Gasteiger partial charge in [0.15, 0.2) is 5.84 Å². The fraction of sp³-hybridized carbons (Fsp3) is 0.0385. The summed E-state index contributed by atoms with van der Waals surface area (Å²) in [6.07, 6.45) is 4.69. The van der Waals surface area contributed by atoms with E-state index in [-0.39, 0.29) is 29.5 Å². The Morgan fingerprint density at radius 2 is 1.81 bits per heavy atom. The predicted molar refractivity (Wildman–Crippen MR) is 135 cm³/mol. The molecule has 3 heterocycles. The Hall–Kier alpha value is -5.30. The molecule has 0 saturated carbocycles. The van der Waals surface area contributed by atoms with Gasteiger partial charge in [-0.05, 0) is 42.0 Å². The van der Waals surface area contributed by atoms with Crippen molar-refractivity contribution in [2.75, 3.05) is 0 Å². The molecule has 4 aromatic rings. The van der Waals surface area contributed by atoms with E-state index >= 15 is 0 Å². The number of hydrogen-bond acceptors (Lipinski definition) is 9. The summed E-state index contributed by atoms with van der Waals surface area (Å²) in [4.78, 5) is 17.2. The number of benzene rings is 2. The van der Waals surface area contributed by atoms with Crippen LogP contribution in [0.1, 0.15) is 22.4 Å². The van der Waals surface area contributed by atoms with Crippen LogP contribution in [-0.2, 0) is 6.54 Å². The summed E-state index contributed by atoms with van der Waals surface area (Å²) in [6.45, 7) is -0.00374. The summed E-state index contributed by atoms with van der Waals surface area (Å²) in [5.41, 5.74) is 13.3. The predicted octanol–water partition coefficient (Wildman–Crippen LogP) is 3.44. The van der Waals surface area contributed by atoms with Crippen molar-refractivity contribution in [3.05, 3.63) is 101 Å². The molecule has 1 aliphatic heterocycles. The minimum Gasteiger partial charge on any atom is -0.382 e. The lowest BCUT2D eigenvalue weighted by molar-refractivity contribution is 0.581. The largest absolute Gasteiger partial charge is 0.382 e. The molecule has 0 amide bonds. The van der Waals surface area contributed by atoms with E-state index in [2.05, 4.69) is 36.5 Å². The van der Waals surface area contributed by atoms with Gasteiger partial charge >= 0.3 is 0 Å². The molecule has 4 N–H and O–H groups in total. The van der Waals surface area contributed by atoms with Crippen molar-refractivity contribution < 1.29 is 4.39 Å². The van der Waals surface area contributed by atoms with Crippen LogP contribution in [0.3, 0.4) is 0 Å². The molecule has 0 fully saturated rings. The number of allylic oxidation sites excluding steroid dienone is 1. The first-order valence-electron chi connectivity index (χ1n) is 10.8. The zero-order valence-electron chi connectivity index (χ0n) is 18.8. The van der Waals surface area contributed by atoms with Crippen molar-refractivity contribution in [1.29, 1.82) is 10.7 Å². The van der Waals surface area contributed by atoms with Gasteiger partial charge in [-0.1, -0.05) is 18.2 Å². The monoisotopic (exact) mass is 475 g/mol. The number of hydrazone groups is 1. The van der Waals surface area contributed by atoms with Crippen molar-refractivity contribution in [1.82, 2.24) is 20.4 Å². The third kappa shape index (κ3) is 4.28. The van der Waals surface area contributed by atoms with Gasteiger partial charge in [-0.2, -0.15) is 10.4 Å². The normalized spacial score (nSPS) is 14.6. The van der Waals surface area contributed by atoms with Gasteiger partial charge in [0.25, 0.3) is 0 Å². The van der Waals surface area contributed by atoms with Gasteiger partial charge in [0.05, 0.1) is 40.6 Å². The molecule has 0 unspecified atom stereocenters. The lowest BCUT2D eigenvalue weighted by Crippen LogP contribution is -2.35. The fourth-order valence-corrected chi connectivity index (χ4v) is 3.78. The number of aliphatic imine (C=N–C) groups is 1. The smallest absolute Gasteiger partial charge is 0.151 e. The molecule has 174 valence electrons. The maximum absolute atomic E-state index is 14.1. The Bertz CT molecular complexity index is 1650. The van der Waals surface area contributed by atoms with E-state index in [9.17, 15) is 9.65 Å². The van der Waals surface area contributed by atoms with Crippen LogP contribution < -0.4 is 11.2 Å². The first-order chi connectivity index (χ1) is 17.5. The number of rotatable bonds is 5. The van der Waals surface area contributed by atoms with Gasteiger partial charge < -0.3 is 11.2 Å². The van der Waals surface area contributed by atoms with Crippen LogP contribution in [-0.4, -0.2) is 32.2 Å². The summed E-state index contributed by atoms with van der Waals surface area (Å²) in [5, 5.41) is 22.5. The van der Waals surface area contributed by atoms with E-state index in [1.54, 1.807) is 36.7 Å². The maximum Gasteiger partial charge on any atom is 0.151 e. The number of hydrogen-bond donors (Lipinski definition) is 3. The Morgan fingerprint density at radius 1 is 0.972 bits per heavy atom. The SMILES string of the molecule is N#Cc1cccc(C2=C(c3ccc4nccnc4c3)/C(=N/NCc3ncccc3F)C(=N)C(N)=N2)c1. The summed E-state index contributed by atoms with van der Waals surface area (Å²) < 4.78 is 14.1. The molecule has 0 aliphatic carbocycles. The summed E-state index contributed by atoms with van der Waals surface area (Å²) in [5.74, 6) is -0.510. The van der Waals surface area contributed by atoms with E-state index in [1.165, 1.54) is 18.3 Å². The lowest BCUT2D eigenvalue weighted by atomic mass is 9.90. The van der Waals surface area contributed by atoms with Crippen molar-refractivity contribution in [2.45, 2.75) is 6.54 Å². The molecule has 2 aromatic carbocycles. The molecular weight excluding hydrogens is 457 g/mol. The number of nitrogens with one attached hydrogen (secondary N) is 2.